The molecule has 0 spiro atoms. The molecule has 0 atom stereocenters. The molecule has 20 heavy (non-hydrogen) atoms. The number of hydrazine groups is 1. The number of amides is 1. The van der Waals surface area contributed by atoms with Crippen LogP contribution in [0.2, 0.25) is 0 Å². The molecule has 106 valence electrons. The van der Waals surface area contributed by atoms with Crippen molar-refractivity contribution < 1.29 is 4.79 Å². The highest BCUT2D eigenvalue weighted by Crippen LogP contribution is 2.14. The van der Waals surface area contributed by atoms with Gasteiger partial charge in [0.15, 0.2) is 11.2 Å². The van der Waals surface area contributed by atoms with Crippen LogP contribution >= 0.6 is 0 Å². The van der Waals surface area contributed by atoms with Crippen LogP contribution in [-0.2, 0) is 18.9 Å². The lowest BCUT2D eigenvalue weighted by Crippen LogP contribution is -2.47. The minimum atomic E-state index is -0.441. The van der Waals surface area contributed by atoms with Crippen LogP contribution in [0.4, 0.5) is 5.95 Å². The summed E-state index contributed by atoms with van der Waals surface area (Å²) in [6, 6.07) is 0. The van der Waals surface area contributed by atoms with E-state index < -0.39 is 11.2 Å². The van der Waals surface area contributed by atoms with Gasteiger partial charge in [0.05, 0.1) is 0 Å². The third-order valence-corrected chi connectivity index (χ3v) is 3.38. The predicted molar refractivity (Wildman–Crippen MR) is 71.3 cm³/mol. The van der Waals surface area contributed by atoms with Crippen molar-refractivity contribution >= 4 is 23.0 Å². The molecule has 9 nitrogen and oxygen atoms in total. The molecule has 0 saturated carbocycles. The molecule has 0 radical (unpaired) electrons. The number of nitrogens with one attached hydrogen (secondary N) is 2. The van der Waals surface area contributed by atoms with Crippen LogP contribution in [0.25, 0.3) is 11.2 Å². The molecule has 3 heterocycles. The highest BCUT2D eigenvalue weighted by Gasteiger charge is 2.21. The summed E-state index contributed by atoms with van der Waals surface area (Å²) in [7, 11) is 2.96. The number of hydrogen-bond acceptors (Lipinski definition) is 5. The molecule has 1 fully saturated rings. The van der Waals surface area contributed by atoms with Crippen molar-refractivity contribution in [3.05, 3.63) is 20.8 Å². The van der Waals surface area contributed by atoms with E-state index in [1.807, 2.05) is 0 Å². The fraction of sp³-hybridized carbons (Fsp3) is 0.455. The first-order chi connectivity index (χ1) is 9.49. The first-order valence-corrected chi connectivity index (χ1v) is 6.22. The fourth-order valence-electron chi connectivity index (χ4n) is 2.26. The number of anilines is 1. The molecular weight excluding hydrogens is 264 g/mol. The first kappa shape index (κ1) is 12.5. The van der Waals surface area contributed by atoms with Gasteiger partial charge in [-0.15, -0.1) is 0 Å². The van der Waals surface area contributed by atoms with Crippen molar-refractivity contribution in [2.24, 2.45) is 14.1 Å². The van der Waals surface area contributed by atoms with Crippen LogP contribution in [0.15, 0.2) is 9.59 Å². The Morgan fingerprint density at radius 3 is 2.60 bits per heavy atom. The maximum absolute atomic E-state index is 12.0. The summed E-state index contributed by atoms with van der Waals surface area (Å²) in [5.74, 6) is 0.254. The lowest BCUT2D eigenvalue weighted by Gasteiger charge is -2.26. The van der Waals surface area contributed by atoms with E-state index in [9.17, 15) is 14.4 Å². The topological polar surface area (TPSA) is 105 Å². The number of aryl methyl sites for hydroxylation is 1. The molecule has 2 aromatic heterocycles. The second-order valence-electron chi connectivity index (χ2n) is 4.75. The summed E-state index contributed by atoms with van der Waals surface area (Å²) in [6.45, 7) is 0.597. The summed E-state index contributed by atoms with van der Waals surface area (Å²) in [5.41, 5.74) is 2.30. The Morgan fingerprint density at radius 2 is 1.90 bits per heavy atom. The first-order valence-electron chi connectivity index (χ1n) is 6.22. The minimum Gasteiger partial charge on any atom is -0.317 e. The monoisotopic (exact) mass is 278 g/mol. The van der Waals surface area contributed by atoms with Crippen LogP contribution in [0, 0.1) is 0 Å². The molecule has 3 rings (SSSR count). The quantitative estimate of drug-likeness (QED) is 0.667. The number of nitrogens with zero attached hydrogens (tertiary/aromatic N) is 4. The number of carbonyl (C=O) groups is 1. The highest BCUT2D eigenvalue weighted by molar-refractivity contribution is 5.79. The van der Waals surface area contributed by atoms with E-state index in [0.29, 0.717) is 25.3 Å². The van der Waals surface area contributed by atoms with Crippen molar-refractivity contribution in [1.29, 1.82) is 0 Å². The van der Waals surface area contributed by atoms with E-state index in [0.717, 1.165) is 4.57 Å². The molecule has 0 aromatic carbocycles. The van der Waals surface area contributed by atoms with Crippen LogP contribution in [0.5, 0.6) is 0 Å². The standard InChI is InChI=1S/C11H14N6O3/c1-15-8-7(9(19)16(2)11(15)20)12-10(13-8)17-5-3-4-6(18)14-17/h3-5H2,1-2H3,(H,12,13)(H,14,18). The summed E-state index contributed by atoms with van der Waals surface area (Å²) in [6.07, 6.45) is 1.18. The van der Waals surface area contributed by atoms with Crippen molar-refractivity contribution in [3.63, 3.8) is 0 Å². The molecular formula is C11H14N6O3. The zero-order valence-electron chi connectivity index (χ0n) is 11.1. The van der Waals surface area contributed by atoms with Crippen LogP contribution < -0.4 is 21.7 Å². The largest absolute Gasteiger partial charge is 0.332 e. The number of aromatic nitrogens is 4. The Bertz CT molecular complexity index is 814. The number of fused-ring (bicyclic) bond motifs is 1. The summed E-state index contributed by atoms with van der Waals surface area (Å²) in [5, 5.41) is 1.55. The zero-order valence-corrected chi connectivity index (χ0v) is 11.1. The molecule has 2 N–H and O–H groups in total. The molecule has 0 bridgehead atoms. The number of rotatable bonds is 1. The molecule has 9 heteroatoms. The molecule has 1 saturated heterocycles. The van der Waals surface area contributed by atoms with Gasteiger partial charge in [0.1, 0.15) is 0 Å². The Balaban J connectivity index is 2.18. The Kier molecular flexibility index (Phi) is 2.63. The highest BCUT2D eigenvalue weighted by atomic mass is 16.2. The number of hydrogen-bond donors (Lipinski definition) is 2. The molecule has 0 aliphatic carbocycles. The number of imidazole rings is 1. The van der Waals surface area contributed by atoms with E-state index in [1.54, 1.807) is 12.1 Å². The fourth-order valence-corrected chi connectivity index (χ4v) is 2.26. The van der Waals surface area contributed by atoms with Gasteiger partial charge in [-0.2, -0.15) is 4.98 Å². The van der Waals surface area contributed by atoms with E-state index in [2.05, 4.69) is 15.4 Å². The van der Waals surface area contributed by atoms with Crippen molar-refractivity contribution in [2.75, 3.05) is 11.6 Å². The van der Waals surface area contributed by atoms with Gasteiger partial charge in [-0.3, -0.25) is 29.2 Å². The van der Waals surface area contributed by atoms with Crippen LogP contribution in [0.1, 0.15) is 12.8 Å². The van der Waals surface area contributed by atoms with Crippen LogP contribution in [-0.4, -0.2) is 31.6 Å². The molecule has 1 amide bonds. The molecule has 0 unspecified atom stereocenters. The lowest BCUT2D eigenvalue weighted by atomic mass is 10.2. The Morgan fingerprint density at radius 1 is 1.15 bits per heavy atom. The van der Waals surface area contributed by atoms with Gasteiger partial charge in [-0.1, -0.05) is 0 Å². The van der Waals surface area contributed by atoms with Gasteiger partial charge in [0, 0.05) is 27.1 Å². The zero-order chi connectivity index (χ0) is 14.4. The maximum atomic E-state index is 12.0. The predicted octanol–water partition coefficient (Wildman–Crippen LogP) is -1.41. The van der Waals surface area contributed by atoms with Gasteiger partial charge in [-0.25, -0.2) is 4.79 Å². The number of H-pyrrole nitrogens is 1. The van der Waals surface area contributed by atoms with E-state index in [-0.39, 0.29) is 17.1 Å². The van der Waals surface area contributed by atoms with E-state index in [1.165, 1.54) is 11.6 Å². The van der Waals surface area contributed by atoms with E-state index in [4.69, 9.17) is 0 Å². The molecule has 2 aromatic rings. The average molecular weight is 278 g/mol. The van der Waals surface area contributed by atoms with Gasteiger partial charge in [0.25, 0.3) is 5.56 Å². The van der Waals surface area contributed by atoms with Gasteiger partial charge < -0.3 is 4.98 Å². The average Bonchev–Trinajstić information content (AvgIpc) is 2.88. The van der Waals surface area contributed by atoms with Gasteiger partial charge in [-0.05, 0) is 6.42 Å². The van der Waals surface area contributed by atoms with Crippen molar-refractivity contribution in [3.8, 4) is 0 Å². The van der Waals surface area contributed by atoms with Gasteiger partial charge >= 0.3 is 5.69 Å². The smallest absolute Gasteiger partial charge is 0.317 e. The van der Waals surface area contributed by atoms with Crippen molar-refractivity contribution in [1.82, 2.24) is 24.5 Å². The lowest BCUT2D eigenvalue weighted by molar-refractivity contribution is -0.122. The number of aromatic amines is 1. The molecule has 1 aliphatic rings. The van der Waals surface area contributed by atoms with E-state index >= 15 is 0 Å². The second kappa shape index (κ2) is 4.22. The Labute approximate surface area is 112 Å². The summed E-state index contributed by atoms with van der Waals surface area (Å²) in [4.78, 5) is 42.4. The Hall–Kier alpha value is -2.58. The maximum Gasteiger partial charge on any atom is 0.332 e. The SMILES string of the molecule is Cn1c(=O)c2[nH]c(N3CCCC(=O)N3)nc2n(C)c1=O. The van der Waals surface area contributed by atoms with Crippen LogP contribution in [0.3, 0.4) is 0 Å². The minimum absolute atomic E-state index is 0.0986. The van der Waals surface area contributed by atoms with Crippen molar-refractivity contribution in [2.45, 2.75) is 12.8 Å². The normalized spacial score (nSPS) is 15.7. The van der Waals surface area contributed by atoms with Gasteiger partial charge in [0.2, 0.25) is 11.9 Å². The third kappa shape index (κ3) is 1.70. The molecule has 1 aliphatic heterocycles. The second-order valence-corrected chi connectivity index (χ2v) is 4.75. The third-order valence-electron chi connectivity index (χ3n) is 3.38. The summed E-state index contributed by atoms with van der Waals surface area (Å²) >= 11 is 0. The number of carbonyl (C=O) groups excluding carboxylic acids is 1. The summed E-state index contributed by atoms with van der Waals surface area (Å²) < 4.78 is 2.31.